The third kappa shape index (κ3) is 1.82. The van der Waals surface area contributed by atoms with Crippen molar-refractivity contribution in [3.8, 4) is 0 Å². The fraction of sp³-hybridized carbons (Fsp3) is 0.167. The molecule has 0 spiro atoms. The molecular weight excluding hydrogens is 204 g/mol. The zero-order chi connectivity index (χ0) is 11.5. The molecule has 1 aromatic carbocycles. The Labute approximate surface area is 93.0 Å². The Morgan fingerprint density at radius 2 is 2.25 bits per heavy atom. The molecule has 0 fully saturated rings. The van der Waals surface area contributed by atoms with E-state index in [9.17, 15) is 4.79 Å². The van der Waals surface area contributed by atoms with Crippen LogP contribution >= 0.6 is 0 Å². The van der Waals surface area contributed by atoms with E-state index < -0.39 is 0 Å². The molecule has 0 aliphatic rings. The minimum Gasteiger partial charge on any atom is -0.462 e. The van der Waals surface area contributed by atoms with Gasteiger partial charge in [-0.1, -0.05) is 0 Å². The first-order valence-electron chi connectivity index (χ1n) is 5.03. The van der Waals surface area contributed by atoms with E-state index in [0.717, 1.165) is 10.8 Å². The number of nitrogen functional groups attached to an aromatic ring is 1. The molecule has 82 valence electrons. The third-order valence-corrected chi connectivity index (χ3v) is 2.31. The second kappa shape index (κ2) is 4.18. The number of anilines is 1. The standard InChI is InChI=1S/C12H12N2O2/c1-2-16-12(15)9-3-4-10-8(7-9)5-6-14-11(10)13/h3-7H,2H2,1H3,(H2,13,14). The first-order chi connectivity index (χ1) is 7.72. The van der Waals surface area contributed by atoms with Gasteiger partial charge in [0.15, 0.2) is 0 Å². The molecule has 0 radical (unpaired) electrons. The first kappa shape index (κ1) is 10.4. The van der Waals surface area contributed by atoms with E-state index in [1.807, 2.05) is 6.07 Å². The lowest BCUT2D eigenvalue weighted by Crippen LogP contribution is -2.04. The number of esters is 1. The Balaban J connectivity index is 2.48. The van der Waals surface area contributed by atoms with Crippen LogP contribution in [0.15, 0.2) is 30.5 Å². The van der Waals surface area contributed by atoms with Gasteiger partial charge < -0.3 is 10.5 Å². The fourth-order valence-corrected chi connectivity index (χ4v) is 1.54. The Morgan fingerprint density at radius 1 is 1.44 bits per heavy atom. The first-order valence-corrected chi connectivity index (χ1v) is 5.03. The number of rotatable bonds is 2. The van der Waals surface area contributed by atoms with E-state index in [2.05, 4.69) is 4.98 Å². The summed E-state index contributed by atoms with van der Waals surface area (Å²) in [5.74, 6) is 0.146. The van der Waals surface area contributed by atoms with Crippen LogP contribution in [0.5, 0.6) is 0 Å². The van der Waals surface area contributed by atoms with Crippen molar-refractivity contribution < 1.29 is 9.53 Å². The van der Waals surface area contributed by atoms with E-state index in [0.29, 0.717) is 18.0 Å². The molecule has 0 bridgehead atoms. The quantitative estimate of drug-likeness (QED) is 0.780. The SMILES string of the molecule is CCOC(=O)c1ccc2c(N)nccc2c1. The van der Waals surface area contributed by atoms with Crippen LogP contribution in [0.4, 0.5) is 5.82 Å². The number of carbonyl (C=O) groups is 1. The summed E-state index contributed by atoms with van der Waals surface area (Å²) >= 11 is 0. The van der Waals surface area contributed by atoms with Gasteiger partial charge in [-0.25, -0.2) is 9.78 Å². The van der Waals surface area contributed by atoms with Crippen molar-refractivity contribution >= 4 is 22.6 Å². The molecule has 4 heteroatoms. The molecule has 0 aliphatic carbocycles. The molecule has 2 aromatic rings. The number of hydrogen-bond acceptors (Lipinski definition) is 4. The monoisotopic (exact) mass is 216 g/mol. The maximum Gasteiger partial charge on any atom is 0.338 e. The predicted molar refractivity (Wildman–Crippen MR) is 62.1 cm³/mol. The van der Waals surface area contributed by atoms with Gasteiger partial charge in [-0.05, 0) is 36.6 Å². The van der Waals surface area contributed by atoms with E-state index in [4.69, 9.17) is 10.5 Å². The lowest BCUT2D eigenvalue weighted by atomic mass is 10.1. The molecule has 16 heavy (non-hydrogen) atoms. The smallest absolute Gasteiger partial charge is 0.338 e. The van der Waals surface area contributed by atoms with Crippen LogP contribution in [0, 0.1) is 0 Å². The zero-order valence-electron chi connectivity index (χ0n) is 8.93. The summed E-state index contributed by atoms with van der Waals surface area (Å²) in [7, 11) is 0. The van der Waals surface area contributed by atoms with Crippen LogP contribution in [0.2, 0.25) is 0 Å². The van der Waals surface area contributed by atoms with Crippen LogP contribution in [0.1, 0.15) is 17.3 Å². The number of pyridine rings is 1. The molecule has 0 atom stereocenters. The average Bonchev–Trinajstić information content (AvgIpc) is 2.29. The minimum atomic E-state index is -0.320. The Morgan fingerprint density at radius 3 is 3.00 bits per heavy atom. The highest BCUT2D eigenvalue weighted by atomic mass is 16.5. The van der Waals surface area contributed by atoms with E-state index in [1.54, 1.807) is 31.3 Å². The van der Waals surface area contributed by atoms with Crippen molar-refractivity contribution in [3.63, 3.8) is 0 Å². The van der Waals surface area contributed by atoms with E-state index in [1.165, 1.54) is 0 Å². The minimum absolute atomic E-state index is 0.320. The number of hydrogen-bond donors (Lipinski definition) is 1. The summed E-state index contributed by atoms with van der Waals surface area (Å²) < 4.78 is 4.92. The van der Waals surface area contributed by atoms with Crippen LogP contribution in [0.25, 0.3) is 10.8 Å². The highest BCUT2D eigenvalue weighted by Gasteiger charge is 2.07. The lowest BCUT2D eigenvalue weighted by Gasteiger charge is -2.04. The van der Waals surface area contributed by atoms with Crippen LogP contribution in [-0.2, 0) is 4.74 Å². The summed E-state index contributed by atoms with van der Waals surface area (Å²) in [5.41, 5.74) is 6.24. The van der Waals surface area contributed by atoms with Crippen molar-refractivity contribution in [2.75, 3.05) is 12.3 Å². The van der Waals surface area contributed by atoms with Gasteiger partial charge in [0.2, 0.25) is 0 Å². The van der Waals surface area contributed by atoms with Crippen molar-refractivity contribution in [2.24, 2.45) is 0 Å². The Kier molecular flexibility index (Phi) is 2.72. The number of carbonyl (C=O) groups excluding carboxylic acids is 1. The normalized spacial score (nSPS) is 10.3. The number of nitrogens with zero attached hydrogens (tertiary/aromatic N) is 1. The summed E-state index contributed by atoms with van der Waals surface area (Å²) in [6.45, 7) is 2.15. The number of aromatic nitrogens is 1. The Bertz CT molecular complexity index is 538. The van der Waals surface area contributed by atoms with Crippen molar-refractivity contribution in [2.45, 2.75) is 6.92 Å². The maximum absolute atomic E-state index is 11.5. The van der Waals surface area contributed by atoms with Gasteiger partial charge in [0.25, 0.3) is 0 Å². The number of nitrogens with two attached hydrogens (primary N) is 1. The molecular formula is C12H12N2O2. The second-order valence-corrected chi connectivity index (χ2v) is 3.35. The van der Waals surface area contributed by atoms with Gasteiger partial charge in [-0.15, -0.1) is 0 Å². The highest BCUT2D eigenvalue weighted by molar-refractivity contribution is 5.98. The van der Waals surface area contributed by atoms with Crippen LogP contribution < -0.4 is 5.73 Å². The summed E-state index contributed by atoms with van der Waals surface area (Å²) in [4.78, 5) is 15.5. The summed E-state index contributed by atoms with van der Waals surface area (Å²) in [6.07, 6.45) is 1.62. The van der Waals surface area contributed by atoms with Crippen LogP contribution in [-0.4, -0.2) is 17.6 Å². The molecule has 2 N–H and O–H groups in total. The topological polar surface area (TPSA) is 65.2 Å². The summed E-state index contributed by atoms with van der Waals surface area (Å²) in [5, 5.41) is 1.73. The average molecular weight is 216 g/mol. The highest BCUT2D eigenvalue weighted by Crippen LogP contribution is 2.20. The summed E-state index contributed by atoms with van der Waals surface area (Å²) in [6, 6.07) is 7.04. The Hall–Kier alpha value is -2.10. The zero-order valence-corrected chi connectivity index (χ0v) is 8.93. The van der Waals surface area contributed by atoms with Gasteiger partial charge in [0.1, 0.15) is 5.82 Å². The molecule has 0 aliphatic heterocycles. The third-order valence-electron chi connectivity index (χ3n) is 2.31. The van der Waals surface area contributed by atoms with Gasteiger partial charge in [-0.2, -0.15) is 0 Å². The molecule has 0 saturated carbocycles. The van der Waals surface area contributed by atoms with Gasteiger partial charge in [0, 0.05) is 11.6 Å². The second-order valence-electron chi connectivity index (χ2n) is 3.35. The van der Waals surface area contributed by atoms with Gasteiger partial charge in [-0.3, -0.25) is 0 Å². The largest absolute Gasteiger partial charge is 0.462 e. The maximum atomic E-state index is 11.5. The molecule has 0 saturated heterocycles. The molecule has 1 heterocycles. The molecule has 0 amide bonds. The van der Waals surface area contributed by atoms with Gasteiger partial charge >= 0.3 is 5.97 Å². The lowest BCUT2D eigenvalue weighted by molar-refractivity contribution is 0.0526. The fourth-order valence-electron chi connectivity index (χ4n) is 1.54. The molecule has 0 unspecified atom stereocenters. The molecule has 1 aromatic heterocycles. The number of benzene rings is 1. The van der Waals surface area contributed by atoms with E-state index >= 15 is 0 Å². The molecule has 4 nitrogen and oxygen atoms in total. The van der Waals surface area contributed by atoms with E-state index in [-0.39, 0.29) is 5.97 Å². The van der Waals surface area contributed by atoms with Crippen LogP contribution in [0.3, 0.4) is 0 Å². The van der Waals surface area contributed by atoms with Crippen molar-refractivity contribution in [1.29, 1.82) is 0 Å². The number of fused-ring (bicyclic) bond motifs is 1. The van der Waals surface area contributed by atoms with Gasteiger partial charge in [0.05, 0.1) is 12.2 Å². The van der Waals surface area contributed by atoms with Crippen molar-refractivity contribution in [1.82, 2.24) is 4.98 Å². The number of ether oxygens (including phenoxy) is 1. The molecule has 2 rings (SSSR count). The predicted octanol–water partition coefficient (Wildman–Crippen LogP) is 1.99. The van der Waals surface area contributed by atoms with Crippen molar-refractivity contribution in [3.05, 3.63) is 36.0 Å².